The van der Waals surface area contributed by atoms with Crippen LogP contribution in [0.1, 0.15) is 17.8 Å². The minimum absolute atomic E-state index is 0.0535. The van der Waals surface area contributed by atoms with Crippen LogP contribution in [-0.4, -0.2) is 52.1 Å². The lowest BCUT2D eigenvalue weighted by molar-refractivity contribution is -0.325. The first-order valence-corrected chi connectivity index (χ1v) is 11.3. The molecule has 10 nitrogen and oxygen atoms in total. The Hall–Kier alpha value is -2.73. The van der Waals surface area contributed by atoms with Gasteiger partial charge in [-0.3, -0.25) is 13.7 Å². The fourth-order valence-corrected chi connectivity index (χ4v) is 4.36. The Balaban J connectivity index is 1.78. The molecular weight excluding hydrogens is 506 g/mol. The van der Waals surface area contributed by atoms with E-state index in [0.29, 0.717) is 0 Å². The minimum Gasteiger partial charge on any atom is -0.412 e. The lowest BCUT2D eigenvalue weighted by Gasteiger charge is -2.20. The van der Waals surface area contributed by atoms with Crippen LogP contribution < -0.4 is 4.31 Å². The molecule has 18 heteroatoms. The molecule has 0 N–H and O–H groups in total. The predicted octanol–water partition coefficient (Wildman–Crippen LogP) is 3.30. The summed E-state index contributed by atoms with van der Waals surface area (Å²) in [6.45, 7) is 0.0465. The molecule has 0 spiro atoms. The van der Waals surface area contributed by atoms with E-state index in [1.54, 1.807) is 0 Å². The maximum absolute atomic E-state index is 12.6. The van der Waals surface area contributed by atoms with E-state index in [0.717, 1.165) is 32.7 Å². The van der Waals surface area contributed by atoms with Crippen molar-refractivity contribution in [1.82, 2.24) is 25.0 Å². The largest absolute Gasteiger partial charge is 0.522 e. The van der Waals surface area contributed by atoms with Crippen LogP contribution in [0.2, 0.25) is 0 Å². The summed E-state index contributed by atoms with van der Waals surface area (Å²) in [7, 11) is -3.88. The summed E-state index contributed by atoms with van der Waals surface area (Å²) >= 11 is 0.830. The first-order valence-electron chi connectivity index (χ1n) is 8.88. The molecule has 0 saturated heterocycles. The average Bonchev–Trinajstić information content (AvgIpc) is 3.44. The van der Waals surface area contributed by atoms with Crippen molar-refractivity contribution in [3.63, 3.8) is 0 Å². The summed E-state index contributed by atoms with van der Waals surface area (Å²) < 4.78 is 110. The number of sulfonamides is 1. The minimum atomic E-state index is -4.82. The number of nitrogens with zero attached hydrogens (tertiary/aromatic N) is 6. The van der Waals surface area contributed by atoms with Crippen LogP contribution in [0.15, 0.2) is 23.0 Å². The fraction of sp³-hybridized carbons (Fsp3) is 0.467. The quantitative estimate of drug-likeness (QED) is 0.395. The zero-order chi connectivity index (χ0) is 24.4. The highest BCUT2D eigenvalue weighted by molar-refractivity contribution is 7.92. The molecule has 0 fully saturated rings. The highest BCUT2D eigenvalue weighted by Crippen LogP contribution is 2.33. The summed E-state index contributed by atoms with van der Waals surface area (Å²) in [5.74, 6) is -2.29. The number of anilines is 1. The molecule has 0 saturated carbocycles. The zero-order valence-electron chi connectivity index (χ0n) is 16.5. The van der Waals surface area contributed by atoms with E-state index in [2.05, 4.69) is 29.4 Å². The molecule has 3 aromatic rings. The van der Waals surface area contributed by atoms with Crippen LogP contribution in [0.4, 0.5) is 32.0 Å². The van der Waals surface area contributed by atoms with E-state index in [9.17, 15) is 34.8 Å². The van der Waals surface area contributed by atoms with Gasteiger partial charge in [0.2, 0.25) is 10.0 Å². The van der Waals surface area contributed by atoms with Gasteiger partial charge in [0.05, 0.1) is 43.5 Å². The number of rotatable bonds is 9. The van der Waals surface area contributed by atoms with Gasteiger partial charge in [0.15, 0.2) is 0 Å². The smallest absolute Gasteiger partial charge is 0.412 e. The van der Waals surface area contributed by atoms with Crippen LogP contribution >= 0.6 is 11.3 Å². The third-order valence-electron chi connectivity index (χ3n) is 3.91. The maximum Gasteiger partial charge on any atom is 0.522 e. The van der Waals surface area contributed by atoms with Gasteiger partial charge in [-0.25, -0.2) is 13.4 Å². The molecule has 0 radical (unpaired) electrons. The van der Waals surface area contributed by atoms with E-state index in [4.69, 9.17) is 0 Å². The van der Waals surface area contributed by atoms with Crippen molar-refractivity contribution in [2.45, 2.75) is 32.6 Å². The third-order valence-corrected chi connectivity index (χ3v) is 6.62. The molecule has 0 unspecified atom stereocenters. The molecule has 3 heterocycles. The number of halogens is 6. The third kappa shape index (κ3) is 6.41. The predicted molar refractivity (Wildman–Crippen MR) is 100 cm³/mol. The molecular formula is C15H14F6N6O4S2. The van der Waals surface area contributed by atoms with Gasteiger partial charge in [-0.15, -0.1) is 34.7 Å². The Morgan fingerprint density at radius 3 is 2.52 bits per heavy atom. The molecule has 3 aromatic heterocycles. The van der Waals surface area contributed by atoms with Crippen LogP contribution in [-0.2, 0) is 34.0 Å². The molecule has 0 aliphatic carbocycles. The zero-order valence-corrected chi connectivity index (χ0v) is 18.1. The van der Waals surface area contributed by atoms with E-state index < -0.39 is 41.0 Å². The second-order valence-electron chi connectivity index (χ2n) is 6.19. The molecule has 0 aliphatic rings. The molecule has 0 aliphatic heterocycles. The van der Waals surface area contributed by atoms with Crippen molar-refractivity contribution >= 4 is 27.0 Å². The molecule has 0 atom stereocenters. The van der Waals surface area contributed by atoms with Gasteiger partial charge in [0.1, 0.15) is 9.88 Å². The van der Waals surface area contributed by atoms with E-state index in [1.165, 1.54) is 13.1 Å². The van der Waals surface area contributed by atoms with Gasteiger partial charge >= 0.3 is 18.4 Å². The topological polar surface area (TPSA) is 116 Å². The number of aromatic nitrogens is 5. The molecule has 0 amide bonds. The number of alkyl halides is 6. The van der Waals surface area contributed by atoms with Crippen molar-refractivity contribution in [3.8, 4) is 10.8 Å². The molecule has 33 heavy (non-hydrogen) atoms. The Morgan fingerprint density at radius 2 is 1.91 bits per heavy atom. The van der Waals surface area contributed by atoms with Crippen LogP contribution in [0.5, 0.6) is 0 Å². The van der Waals surface area contributed by atoms with Crippen molar-refractivity contribution in [2.24, 2.45) is 0 Å². The number of thiazole rings is 1. The number of hydrogen-bond donors (Lipinski definition) is 0. The van der Waals surface area contributed by atoms with Gasteiger partial charge in [0, 0.05) is 6.20 Å². The fourth-order valence-electron chi connectivity index (χ4n) is 2.41. The van der Waals surface area contributed by atoms with Crippen LogP contribution in [0, 0.1) is 0 Å². The Labute approximate surface area is 185 Å². The number of hydrogen-bond acceptors (Lipinski definition) is 9. The maximum atomic E-state index is 12.6. The van der Waals surface area contributed by atoms with Gasteiger partial charge in [0.25, 0.3) is 5.89 Å². The molecule has 0 bridgehead atoms. The Kier molecular flexibility index (Phi) is 6.99. The normalized spacial score (nSPS) is 12.9. The lowest BCUT2D eigenvalue weighted by Crippen LogP contribution is -2.31. The Morgan fingerprint density at radius 1 is 1.18 bits per heavy atom. The highest BCUT2D eigenvalue weighted by atomic mass is 32.2. The van der Waals surface area contributed by atoms with E-state index >= 15 is 0 Å². The summed E-state index contributed by atoms with van der Waals surface area (Å²) in [6.07, 6.45) is -6.12. The van der Waals surface area contributed by atoms with Crippen molar-refractivity contribution in [3.05, 3.63) is 29.5 Å². The Bertz CT molecular complexity index is 1190. The van der Waals surface area contributed by atoms with Gasteiger partial charge in [-0.1, -0.05) is 0 Å². The summed E-state index contributed by atoms with van der Waals surface area (Å²) in [5, 5.41) is 10.2. The van der Waals surface area contributed by atoms with Crippen LogP contribution in [0.25, 0.3) is 10.8 Å². The lowest BCUT2D eigenvalue weighted by atomic mass is 10.5. The number of ether oxygens (including phenoxy) is 1. The summed E-state index contributed by atoms with van der Waals surface area (Å²) in [4.78, 5) is 4.08. The summed E-state index contributed by atoms with van der Waals surface area (Å²) in [6, 6.07) is 0. The van der Waals surface area contributed by atoms with E-state index in [-0.39, 0.29) is 34.4 Å². The first-order chi connectivity index (χ1) is 15.3. The summed E-state index contributed by atoms with van der Waals surface area (Å²) in [5.41, 5.74) is 0.0535. The van der Waals surface area contributed by atoms with Crippen LogP contribution in [0.3, 0.4) is 0 Å². The second-order valence-corrected chi connectivity index (χ2v) is 9.49. The first kappa shape index (κ1) is 24.9. The molecule has 182 valence electrons. The average molecular weight is 520 g/mol. The highest BCUT2D eigenvalue weighted by Gasteiger charge is 2.38. The molecule has 0 aromatic carbocycles. The van der Waals surface area contributed by atoms with Gasteiger partial charge in [-0.2, -0.15) is 18.3 Å². The van der Waals surface area contributed by atoms with Gasteiger partial charge < -0.3 is 4.42 Å². The van der Waals surface area contributed by atoms with Crippen molar-refractivity contribution < 1.29 is 43.9 Å². The monoisotopic (exact) mass is 520 g/mol. The molecule has 3 rings (SSSR count). The standard InChI is InChI=1S/C15H14F6N6O4S2/c1-2-33(28,29)27(9-5-23-26(7-9)3-4-30-15(19,20)21)8-11-22-6-10(32-11)12-24-25-13(31-12)14(16,17)18/h5-7H,2-4,8H2,1H3. The van der Waals surface area contributed by atoms with Crippen molar-refractivity contribution in [1.29, 1.82) is 0 Å². The van der Waals surface area contributed by atoms with Gasteiger partial charge in [-0.05, 0) is 6.92 Å². The second kappa shape index (κ2) is 9.26. The van der Waals surface area contributed by atoms with E-state index in [1.807, 2.05) is 0 Å². The SMILES string of the molecule is CCS(=O)(=O)N(Cc1ncc(-c2nnc(C(F)(F)F)o2)s1)c1cnn(CCOC(F)(F)F)c1. The van der Waals surface area contributed by atoms with Crippen molar-refractivity contribution in [2.75, 3.05) is 16.7 Å².